The van der Waals surface area contributed by atoms with Crippen molar-refractivity contribution in [1.82, 2.24) is 0 Å². The van der Waals surface area contributed by atoms with Gasteiger partial charge in [-0.3, -0.25) is 4.57 Å². The molecule has 2 N–H and O–H groups in total. The highest BCUT2D eigenvalue weighted by atomic mass is 35.5. The monoisotopic (exact) mass is 350 g/mol. The van der Waals surface area contributed by atoms with E-state index in [1.165, 1.54) is 43.1 Å². The molecule has 2 aromatic carbocycles. The van der Waals surface area contributed by atoms with Crippen molar-refractivity contribution >= 4 is 42.0 Å². The number of anilines is 2. The van der Waals surface area contributed by atoms with Crippen LogP contribution in [-0.2, 0) is 4.57 Å². The highest BCUT2D eigenvalue weighted by molar-refractivity contribution is 7.66. The van der Waals surface area contributed by atoms with E-state index < -0.39 is 19.1 Å². The van der Waals surface area contributed by atoms with Crippen molar-refractivity contribution in [1.29, 1.82) is 0 Å². The Kier molecular flexibility index (Phi) is 4.77. The van der Waals surface area contributed by atoms with Crippen LogP contribution < -0.4 is 10.2 Å². The van der Waals surface area contributed by atoms with Crippen LogP contribution in [0.15, 0.2) is 36.4 Å². The summed E-state index contributed by atoms with van der Waals surface area (Å²) in [5.41, 5.74) is 0.792. The molecule has 3 nitrogen and oxygen atoms in total. The summed E-state index contributed by atoms with van der Waals surface area (Å²) in [7, 11) is -3.07. The molecular formula is C13H11Cl2F2N2OP. The second-order valence-electron chi connectivity index (χ2n) is 4.41. The lowest BCUT2D eigenvalue weighted by molar-refractivity contribution is 0.585. The Morgan fingerprint density at radius 3 is 1.62 bits per heavy atom. The van der Waals surface area contributed by atoms with Crippen LogP contribution in [0.2, 0.25) is 10.0 Å². The molecule has 0 aliphatic rings. The fraction of sp³-hybridized carbons (Fsp3) is 0.0769. The van der Waals surface area contributed by atoms with Crippen LogP contribution in [-0.4, -0.2) is 6.66 Å². The van der Waals surface area contributed by atoms with Gasteiger partial charge in [0.2, 0.25) is 0 Å². The molecule has 0 atom stereocenters. The van der Waals surface area contributed by atoms with Gasteiger partial charge < -0.3 is 10.2 Å². The summed E-state index contributed by atoms with van der Waals surface area (Å²) in [4.78, 5) is 0. The maximum Gasteiger partial charge on any atom is 0.254 e. The average Bonchev–Trinajstić information content (AvgIpc) is 2.37. The SMILES string of the molecule is CP(=O)(Nc1ccc(F)c(Cl)c1)Nc1ccc(F)c(Cl)c1. The van der Waals surface area contributed by atoms with Gasteiger partial charge >= 0.3 is 0 Å². The van der Waals surface area contributed by atoms with E-state index in [1.807, 2.05) is 0 Å². The minimum Gasteiger partial charge on any atom is -0.321 e. The van der Waals surface area contributed by atoms with Gasteiger partial charge in [-0.2, -0.15) is 0 Å². The molecule has 0 amide bonds. The van der Waals surface area contributed by atoms with Crippen LogP contribution in [0.3, 0.4) is 0 Å². The Hall–Kier alpha value is -1.29. The van der Waals surface area contributed by atoms with Gasteiger partial charge in [0, 0.05) is 18.0 Å². The molecule has 0 aliphatic heterocycles. The summed E-state index contributed by atoms with van der Waals surface area (Å²) in [6, 6.07) is 7.81. The molecular weight excluding hydrogens is 340 g/mol. The second kappa shape index (κ2) is 6.22. The van der Waals surface area contributed by atoms with E-state index in [1.54, 1.807) is 0 Å². The standard InChI is InChI=1S/C13H11Cl2F2N2OP/c1-21(20,18-8-2-4-12(16)10(14)6-8)19-9-3-5-13(17)11(15)7-9/h2-7H,1H3,(H2,18,19,20). The van der Waals surface area contributed by atoms with E-state index in [2.05, 4.69) is 10.2 Å². The molecule has 2 rings (SSSR count). The summed E-state index contributed by atoms with van der Waals surface area (Å²) >= 11 is 11.3. The Balaban J connectivity index is 2.15. The molecule has 0 saturated heterocycles. The van der Waals surface area contributed by atoms with Crippen molar-refractivity contribution in [3.8, 4) is 0 Å². The number of halogens is 4. The topological polar surface area (TPSA) is 41.1 Å². The Labute approximate surface area is 130 Å². The van der Waals surface area contributed by atoms with Crippen molar-refractivity contribution < 1.29 is 13.3 Å². The van der Waals surface area contributed by atoms with Crippen LogP contribution in [0.1, 0.15) is 0 Å². The van der Waals surface area contributed by atoms with Gasteiger partial charge in [-0.15, -0.1) is 0 Å². The zero-order valence-electron chi connectivity index (χ0n) is 10.8. The van der Waals surface area contributed by atoms with E-state index in [-0.39, 0.29) is 10.0 Å². The van der Waals surface area contributed by atoms with Gasteiger partial charge in [0.25, 0.3) is 7.44 Å². The van der Waals surface area contributed by atoms with Crippen molar-refractivity contribution in [2.24, 2.45) is 0 Å². The third-order valence-corrected chi connectivity index (χ3v) is 4.47. The number of nitrogens with one attached hydrogen (secondary N) is 2. The van der Waals surface area contributed by atoms with Gasteiger partial charge in [-0.05, 0) is 36.4 Å². The Morgan fingerprint density at radius 1 is 0.905 bits per heavy atom. The summed E-state index contributed by atoms with van der Waals surface area (Å²) in [6.45, 7) is 1.43. The molecule has 2 aromatic rings. The Bertz CT molecular complexity index is 670. The Morgan fingerprint density at radius 2 is 1.29 bits per heavy atom. The molecule has 0 unspecified atom stereocenters. The van der Waals surface area contributed by atoms with E-state index in [0.717, 1.165) is 0 Å². The van der Waals surface area contributed by atoms with Gasteiger partial charge in [-0.1, -0.05) is 23.2 Å². The minimum atomic E-state index is -3.07. The van der Waals surface area contributed by atoms with E-state index in [9.17, 15) is 13.3 Å². The molecule has 0 radical (unpaired) electrons. The maximum atomic E-state index is 13.1. The number of benzene rings is 2. The van der Waals surface area contributed by atoms with Crippen LogP contribution >= 0.6 is 30.6 Å². The third kappa shape index (κ3) is 4.34. The van der Waals surface area contributed by atoms with E-state index >= 15 is 0 Å². The molecule has 0 spiro atoms. The predicted molar refractivity (Wildman–Crippen MR) is 83.6 cm³/mol. The van der Waals surface area contributed by atoms with Crippen molar-refractivity contribution in [3.63, 3.8) is 0 Å². The summed E-state index contributed by atoms with van der Waals surface area (Å²) in [5.74, 6) is -1.13. The second-order valence-corrected chi connectivity index (χ2v) is 7.52. The molecule has 112 valence electrons. The zero-order chi connectivity index (χ0) is 15.6. The third-order valence-electron chi connectivity index (χ3n) is 2.52. The fourth-order valence-corrected chi connectivity index (χ4v) is 3.33. The first-order valence-corrected chi connectivity index (χ1v) is 8.72. The summed E-state index contributed by atoms with van der Waals surface area (Å²) in [6.07, 6.45) is 0. The number of hydrogen-bond donors (Lipinski definition) is 2. The van der Waals surface area contributed by atoms with Crippen LogP contribution in [0.25, 0.3) is 0 Å². The number of rotatable bonds is 4. The quantitative estimate of drug-likeness (QED) is 0.703. The van der Waals surface area contributed by atoms with Crippen LogP contribution in [0.4, 0.5) is 20.2 Å². The van der Waals surface area contributed by atoms with Crippen LogP contribution in [0, 0.1) is 11.6 Å². The predicted octanol–water partition coefficient (Wildman–Crippen LogP) is 5.62. The zero-order valence-corrected chi connectivity index (χ0v) is 13.2. The first-order valence-electron chi connectivity index (χ1n) is 5.81. The van der Waals surface area contributed by atoms with E-state index in [0.29, 0.717) is 11.4 Å². The summed E-state index contributed by atoms with van der Waals surface area (Å²) in [5, 5.41) is 5.29. The van der Waals surface area contributed by atoms with Gasteiger partial charge in [0.15, 0.2) is 0 Å². The summed E-state index contributed by atoms with van der Waals surface area (Å²) < 4.78 is 38.6. The number of hydrogen-bond acceptors (Lipinski definition) is 1. The van der Waals surface area contributed by atoms with E-state index in [4.69, 9.17) is 23.2 Å². The highest BCUT2D eigenvalue weighted by Gasteiger charge is 2.16. The largest absolute Gasteiger partial charge is 0.321 e. The highest BCUT2D eigenvalue weighted by Crippen LogP contribution is 2.42. The van der Waals surface area contributed by atoms with Gasteiger partial charge in [-0.25, -0.2) is 8.78 Å². The van der Waals surface area contributed by atoms with Gasteiger partial charge in [0.1, 0.15) is 11.6 Å². The van der Waals surface area contributed by atoms with Crippen molar-refractivity contribution in [2.75, 3.05) is 16.8 Å². The average molecular weight is 351 g/mol. The lowest BCUT2D eigenvalue weighted by atomic mass is 10.3. The smallest absolute Gasteiger partial charge is 0.254 e. The first kappa shape index (κ1) is 16.1. The normalized spacial score (nSPS) is 11.3. The van der Waals surface area contributed by atoms with Crippen LogP contribution in [0.5, 0.6) is 0 Å². The molecule has 0 aromatic heterocycles. The van der Waals surface area contributed by atoms with Crippen molar-refractivity contribution in [3.05, 3.63) is 58.1 Å². The fourth-order valence-electron chi connectivity index (χ4n) is 1.65. The minimum absolute atomic E-state index is 0.0789. The molecule has 21 heavy (non-hydrogen) atoms. The maximum absolute atomic E-state index is 13.1. The molecule has 0 heterocycles. The molecule has 0 saturated carbocycles. The van der Waals surface area contributed by atoms with Crippen molar-refractivity contribution in [2.45, 2.75) is 0 Å². The lowest BCUT2D eigenvalue weighted by Gasteiger charge is -2.19. The first-order chi connectivity index (χ1) is 9.77. The van der Waals surface area contributed by atoms with Gasteiger partial charge in [0.05, 0.1) is 10.0 Å². The molecule has 0 bridgehead atoms. The molecule has 0 aliphatic carbocycles. The lowest BCUT2D eigenvalue weighted by Crippen LogP contribution is -2.05. The molecule has 0 fully saturated rings. The molecule has 8 heteroatoms.